The van der Waals surface area contributed by atoms with Crippen molar-refractivity contribution < 1.29 is 12.8 Å². The van der Waals surface area contributed by atoms with Gasteiger partial charge in [-0.1, -0.05) is 13.0 Å². The summed E-state index contributed by atoms with van der Waals surface area (Å²) in [6.45, 7) is 5.78. The zero-order valence-electron chi connectivity index (χ0n) is 12.6. The van der Waals surface area contributed by atoms with Crippen molar-refractivity contribution in [2.45, 2.75) is 26.3 Å². The molecule has 118 valence electrons. The fourth-order valence-corrected chi connectivity index (χ4v) is 3.92. The lowest BCUT2D eigenvalue weighted by atomic mass is 10.1. The van der Waals surface area contributed by atoms with Gasteiger partial charge in [-0.25, -0.2) is 12.8 Å². The third-order valence-corrected chi connectivity index (χ3v) is 5.59. The molecule has 1 heterocycles. The second-order valence-electron chi connectivity index (χ2n) is 5.48. The third kappa shape index (κ3) is 4.17. The number of anilines is 1. The molecule has 2 rings (SSSR count). The van der Waals surface area contributed by atoms with Crippen molar-refractivity contribution in [3.63, 3.8) is 0 Å². The largest absolute Gasteiger partial charge is 0.368 e. The van der Waals surface area contributed by atoms with Crippen LogP contribution in [0, 0.1) is 5.82 Å². The molecule has 1 unspecified atom stereocenters. The van der Waals surface area contributed by atoms with Crippen LogP contribution in [0.2, 0.25) is 0 Å². The van der Waals surface area contributed by atoms with Crippen molar-refractivity contribution in [2.75, 3.05) is 36.0 Å². The number of benzene rings is 1. The Bertz CT molecular complexity index is 589. The molecule has 1 aromatic rings. The first-order valence-corrected chi connectivity index (χ1v) is 9.23. The summed E-state index contributed by atoms with van der Waals surface area (Å²) in [5.74, 6) is 0.0133. The van der Waals surface area contributed by atoms with E-state index in [1.807, 2.05) is 24.8 Å². The molecule has 0 aliphatic carbocycles. The number of nitrogens with zero attached hydrogens (tertiary/aromatic N) is 1. The zero-order chi connectivity index (χ0) is 15.5. The molecule has 21 heavy (non-hydrogen) atoms. The van der Waals surface area contributed by atoms with E-state index in [4.69, 9.17) is 0 Å². The van der Waals surface area contributed by atoms with Gasteiger partial charge >= 0.3 is 0 Å². The van der Waals surface area contributed by atoms with Crippen LogP contribution in [-0.2, 0) is 9.84 Å². The predicted molar refractivity (Wildman–Crippen MR) is 84.0 cm³/mol. The highest BCUT2D eigenvalue weighted by Gasteiger charge is 2.21. The summed E-state index contributed by atoms with van der Waals surface area (Å²) in [5.41, 5.74) is 1.40. The molecule has 0 radical (unpaired) electrons. The monoisotopic (exact) mass is 314 g/mol. The Kier molecular flexibility index (Phi) is 5.22. The maximum Gasteiger partial charge on any atom is 0.152 e. The highest BCUT2D eigenvalue weighted by molar-refractivity contribution is 7.91. The summed E-state index contributed by atoms with van der Waals surface area (Å²) in [5, 5.41) is 3.25. The van der Waals surface area contributed by atoms with E-state index in [2.05, 4.69) is 5.32 Å². The lowest BCUT2D eigenvalue weighted by Crippen LogP contribution is -2.27. The van der Waals surface area contributed by atoms with Crippen molar-refractivity contribution in [3.05, 3.63) is 29.6 Å². The van der Waals surface area contributed by atoms with E-state index in [9.17, 15) is 12.8 Å². The van der Waals surface area contributed by atoms with E-state index in [1.54, 1.807) is 12.1 Å². The molecule has 0 amide bonds. The fraction of sp³-hybridized carbons (Fsp3) is 0.600. The lowest BCUT2D eigenvalue weighted by Gasteiger charge is -2.23. The van der Waals surface area contributed by atoms with E-state index in [0.717, 1.165) is 12.1 Å². The standard InChI is InChI=1S/C15H23FN2O2S/c1-3-17-12(2)13-5-6-15(14(16)11-13)18-7-4-9-21(19,20)10-8-18/h5-6,11-12,17H,3-4,7-10H2,1-2H3. The molecule has 1 aliphatic rings. The van der Waals surface area contributed by atoms with Crippen LogP contribution in [0.5, 0.6) is 0 Å². The molecule has 1 aliphatic heterocycles. The second-order valence-corrected chi connectivity index (χ2v) is 7.79. The molecule has 1 saturated heterocycles. The lowest BCUT2D eigenvalue weighted by molar-refractivity contribution is 0.580. The van der Waals surface area contributed by atoms with E-state index in [0.29, 0.717) is 25.2 Å². The van der Waals surface area contributed by atoms with E-state index >= 15 is 0 Å². The third-order valence-electron chi connectivity index (χ3n) is 3.88. The Morgan fingerprint density at radius 3 is 2.76 bits per heavy atom. The molecule has 0 spiro atoms. The number of halogens is 1. The van der Waals surface area contributed by atoms with E-state index in [1.165, 1.54) is 0 Å². The first-order chi connectivity index (χ1) is 9.93. The maximum absolute atomic E-state index is 14.3. The van der Waals surface area contributed by atoms with Crippen LogP contribution in [0.25, 0.3) is 0 Å². The summed E-state index contributed by atoms with van der Waals surface area (Å²) in [6.07, 6.45) is 0.553. The van der Waals surface area contributed by atoms with Gasteiger partial charge in [-0.15, -0.1) is 0 Å². The summed E-state index contributed by atoms with van der Waals surface area (Å²) in [6, 6.07) is 5.31. The maximum atomic E-state index is 14.3. The second kappa shape index (κ2) is 6.75. The first-order valence-electron chi connectivity index (χ1n) is 7.41. The van der Waals surface area contributed by atoms with Crippen LogP contribution in [0.3, 0.4) is 0 Å². The Hall–Kier alpha value is -1.14. The molecule has 1 N–H and O–H groups in total. The quantitative estimate of drug-likeness (QED) is 0.925. The van der Waals surface area contributed by atoms with Crippen LogP contribution in [-0.4, -0.2) is 39.6 Å². The van der Waals surface area contributed by atoms with E-state index in [-0.39, 0.29) is 23.4 Å². The minimum Gasteiger partial charge on any atom is -0.368 e. The zero-order valence-corrected chi connectivity index (χ0v) is 13.4. The molecule has 0 bridgehead atoms. The minimum absolute atomic E-state index is 0.0992. The van der Waals surface area contributed by atoms with Crippen molar-refractivity contribution >= 4 is 15.5 Å². The van der Waals surface area contributed by atoms with Gasteiger partial charge < -0.3 is 10.2 Å². The smallest absolute Gasteiger partial charge is 0.152 e. The van der Waals surface area contributed by atoms with Crippen molar-refractivity contribution in [1.29, 1.82) is 0 Å². The van der Waals surface area contributed by atoms with Gasteiger partial charge in [0.1, 0.15) is 5.82 Å². The molecular formula is C15H23FN2O2S. The van der Waals surface area contributed by atoms with Gasteiger partial charge in [-0.05, 0) is 37.6 Å². The number of hydrogen-bond acceptors (Lipinski definition) is 4. The summed E-state index contributed by atoms with van der Waals surface area (Å²) < 4.78 is 37.6. The highest BCUT2D eigenvalue weighted by atomic mass is 32.2. The van der Waals surface area contributed by atoms with Crippen molar-refractivity contribution in [3.8, 4) is 0 Å². The summed E-state index contributed by atoms with van der Waals surface area (Å²) >= 11 is 0. The first kappa shape index (κ1) is 16.2. The highest BCUT2D eigenvalue weighted by Crippen LogP contribution is 2.24. The predicted octanol–water partition coefficient (Wildman–Crippen LogP) is 2.12. The van der Waals surface area contributed by atoms with Crippen LogP contribution in [0.1, 0.15) is 31.9 Å². The van der Waals surface area contributed by atoms with Crippen LogP contribution in [0.4, 0.5) is 10.1 Å². The molecule has 4 nitrogen and oxygen atoms in total. The molecule has 6 heteroatoms. The van der Waals surface area contributed by atoms with Crippen LogP contribution >= 0.6 is 0 Å². The van der Waals surface area contributed by atoms with Crippen molar-refractivity contribution in [1.82, 2.24) is 5.32 Å². The van der Waals surface area contributed by atoms with Gasteiger partial charge in [0.05, 0.1) is 17.2 Å². The molecule has 0 aromatic heterocycles. The van der Waals surface area contributed by atoms with Crippen molar-refractivity contribution in [2.24, 2.45) is 0 Å². The normalized spacial score (nSPS) is 20.0. The van der Waals surface area contributed by atoms with Gasteiger partial charge in [0.15, 0.2) is 9.84 Å². The van der Waals surface area contributed by atoms with Gasteiger partial charge in [0, 0.05) is 19.1 Å². The number of nitrogens with one attached hydrogen (secondary N) is 1. The SMILES string of the molecule is CCNC(C)c1ccc(N2CCCS(=O)(=O)CC2)c(F)c1. The average Bonchev–Trinajstić information content (AvgIpc) is 2.60. The molecule has 1 fully saturated rings. The number of hydrogen-bond donors (Lipinski definition) is 1. The van der Waals surface area contributed by atoms with Gasteiger partial charge in [-0.3, -0.25) is 0 Å². The molecule has 0 saturated carbocycles. The number of rotatable bonds is 4. The molecular weight excluding hydrogens is 291 g/mol. The Balaban J connectivity index is 2.17. The van der Waals surface area contributed by atoms with Gasteiger partial charge in [0.25, 0.3) is 0 Å². The van der Waals surface area contributed by atoms with Gasteiger partial charge in [0.2, 0.25) is 0 Å². The summed E-state index contributed by atoms with van der Waals surface area (Å²) in [7, 11) is -2.98. The fourth-order valence-electron chi connectivity index (χ4n) is 2.65. The minimum atomic E-state index is -2.98. The average molecular weight is 314 g/mol. The topological polar surface area (TPSA) is 49.4 Å². The number of sulfone groups is 1. The van der Waals surface area contributed by atoms with Crippen LogP contribution < -0.4 is 10.2 Å². The van der Waals surface area contributed by atoms with Crippen LogP contribution in [0.15, 0.2) is 18.2 Å². The Morgan fingerprint density at radius 2 is 2.10 bits per heavy atom. The van der Waals surface area contributed by atoms with Gasteiger partial charge in [-0.2, -0.15) is 0 Å². The van der Waals surface area contributed by atoms with E-state index < -0.39 is 9.84 Å². The molecule has 1 aromatic carbocycles. The molecule has 1 atom stereocenters. The summed E-state index contributed by atoms with van der Waals surface area (Å²) in [4.78, 5) is 1.83. The Labute approximate surface area is 126 Å². The Morgan fingerprint density at radius 1 is 1.33 bits per heavy atom.